The number of nitrogens with zero attached hydrogens (tertiary/aromatic N) is 3. The Morgan fingerprint density at radius 3 is 2.81 bits per heavy atom. The largest absolute Gasteiger partial charge is 0.491 e. The van der Waals surface area contributed by atoms with Crippen LogP contribution in [0.1, 0.15) is 30.5 Å². The molecule has 1 fully saturated rings. The van der Waals surface area contributed by atoms with Gasteiger partial charge in [-0.3, -0.25) is 0 Å². The van der Waals surface area contributed by atoms with Gasteiger partial charge in [-0.15, -0.1) is 0 Å². The summed E-state index contributed by atoms with van der Waals surface area (Å²) in [5, 5.41) is 10.9. The van der Waals surface area contributed by atoms with E-state index in [1.54, 1.807) is 18.5 Å². The molecule has 1 saturated carbocycles. The molecule has 0 unspecified atom stereocenters. The number of ether oxygens (including phenoxy) is 1. The highest BCUT2D eigenvalue weighted by Gasteiger charge is 2.37. The topological polar surface area (TPSA) is 110 Å². The maximum Gasteiger partial charge on any atom is 0.181 e. The number of hydrogen-bond acceptors (Lipinski definition) is 6. The van der Waals surface area contributed by atoms with Gasteiger partial charge in [0.25, 0.3) is 0 Å². The van der Waals surface area contributed by atoms with Gasteiger partial charge >= 0.3 is 0 Å². The second kappa shape index (κ2) is 9.32. The Balaban J connectivity index is 1.36. The van der Waals surface area contributed by atoms with Gasteiger partial charge in [0, 0.05) is 29.7 Å². The number of aromatic amines is 1. The molecule has 0 aliphatic heterocycles. The summed E-state index contributed by atoms with van der Waals surface area (Å²) >= 11 is 0. The van der Waals surface area contributed by atoms with Crippen molar-refractivity contribution in [2.24, 2.45) is 0 Å². The van der Waals surface area contributed by atoms with Crippen LogP contribution in [0.4, 0.5) is 0 Å². The first-order valence-corrected chi connectivity index (χ1v) is 14.0. The average Bonchev–Trinajstić information content (AvgIpc) is 3.57. The summed E-state index contributed by atoms with van der Waals surface area (Å²) in [6, 6.07) is 13.3. The van der Waals surface area contributed by atoms with Gasteiger partial charge in [0.15, 0.2) is 9.84 Å². The fourth-order valence-electron chi connectivity index (χ4n) is 4.78. The molecule has 0 amide bonds. The number of imidazole rings is 1. The van der Waals surface area contributed by atoms with Gasteiger partial charge in [-0.25, -0.2) is 18.4 Å². The summed E-state index contributed by atoms with van der Waals surface area (Å²) in [7, 11) is -3.30. The van der Waals surface area contributed by atoms with Crippen LogP contribution in [0.2, 0.25) is 0 Å². The molecule has 1 aliphatic rings. The molecule has 3 heterocycles. The summed E-state index contributed by atoms with van der Waals surface area (Å²) in [5.41, 5.74) is 5.07. The smallest absolute Gasteiger partial charge is 0.181 e. The van der Waals surface area contributed by atoms with Gasteiger partial charge in [-0.2, -0.15) is 0 Å². The quantitative estimate of drug-likeness (QED) is 0.273. The van der Waals surface area contributed by atoms with Crippen LogP contribution < -0.4 is 4.74 Å². The van der Waals surface area contributed by atoms with Crippen LogP contribution in [0.5, 0.6) is 5.75 Å². The van der Waals surface area contributed by atoms with Gasteiger partial charge in [0.1, 0.15) is 11.4 Å². The van der Waals surface area contributed by atoms with Crippen molar-refractivity contribution in [3.05, 3.63) is 72.4 Å². The van der Waals surface area contributed by atoms with Crippen molar-refractivity contribution in [2.75, 3.05) is 6.61 Å². The number of aliphatic hydroxyl groups excluding tert-OH is 1. The van der Waals surface area contributed by atoms with Crippen molar-refractivity contribution in [1.29, 1.82) is 0 Å². The molecule has 1 aliphatic carbocycles. The lowest BCUT2D eigenvalue weighted by atomic mass is 9.99. The maximum absolute atomic E-state index is 12.9. The number of pyridine rings is 1. The molecular formula is C28H28N4O4S. The number of aryl methyl sites for hydroxylation is 2. The van der Waals surface area contributed by atoms with Gasteiger partial charge in [-0.1, -0.05) is 12.1 Å². The Labute approximate surface area is 214 Å². The maximum atomic E-state index is 12.9. The Bertz CT molecular complexity index is 1720. The lowest BCUT2D eigenvalue weighted by Crippen LogP contribution is -2.07. The second-order valence-electron chi connectivity index (χ2n) is 9.63. The van der Waals surface area contributed by atoms with Gasteiger partial charge < -0.3 is 19.4 Å². The van der Waals surface area contributed by atoms with E-state index in [-0.39, 0.29) is 11.9 Å². The van der Waals surface area contributed by atoms with Crippen LogP contribution >= 0.6 is 0 Å². The third-order valence-corrected chi connectivity index (χ3v) is 9.07. The lowest BCUT2D eigenvalue weighted by Gasteiger charge is -2.12. The van der Waals surface area contributed by atoms with Crippen molar-refractivity contribution >= 4 is 31.8 Å². The van der Waals surface area contributed by atoms with Crippen molar-refractivity contribution < 1.29 is 18.3 Å². The van der Waals surface area contributed by atoms with E-state index in [4.69, 9.17) is 4.74 Å². The SMILES string of the molecule is Cc1cnc2[nH]c3c(OCCCn4cnc(CO)c4)ccc(-c4cccc(S(=O)(=O)C5CC5)c4)c3c2c1. The Kier molecular flexibility index (Phi) is 5.97. The van der Waals surface area contributed by atoms with E-state index in [0.29, 0.717) is 17.2 Å². The number of fused-ring (bicyclic) bond motifs is 3. The standard InChI is InChI=1S/C28H28N4O4S/c1-18-12-24-26-23(19-4-2-5-22(13-19)37(34,35)21-6-7-21)8-9-25(27(26)31-28(24)29-14-18)36-11-3-10-32-15-20(16-33)30-17-32/h2,4-5,8-9,12-15,17,21,33H,3,6-7,10-11,16H2,1H3,(H,29,31). The molecule has 5 aromatic rings. The molecule has 0 radical (unpaired) electrons. The number of rotatable bonds is 9. The fraction of sp³-hybridized carbons (Fsp3) is 0.286. The number of aliphatic hydroxyl groups is 1. The van der Waals surface area contributed by atoms with Crippen molar-refractivity contribution in [3.8, 4) is 16.9 Å². The second-order valence-corrected chi connectivity index (χ2v) is 11.9. The van der Waals surface area contributed by atoms with Crippen LogP contribution in [0.25, 0.3) is 33.1 Å². The number of nitrogens with one attached hydrogen (secondary N) is 1. The predicted molar refractivity (Wildman–Crippen MR) is 142 cm³/mol. The summed E-state index contributed by atoms with van der Waals surface area (Å²) in [6.07, 6.45) is 7.60. The molecular weight excluding hydrogens is 488 g/mol. The highest BCUT2D eigenvalue weighted by Crippen LogP contribution is 2.40. The molecule has 3 aromatic heterocycles. The minimum Gasteiger partial charge on any atom is -0.491 e. The fourth-order valence-corrected chi connectivity index (χ4v) is 6.48. The van der Waals surface area contributed by atoms with Crippen LogP contribution in [-0.2, 0) is 23.0 Å². The van der Waals surface area contributed by atoms with Crippen LogP contribution in [0.15, 0.2) is 66.1 Å². The summed E-state index contributed by atoms with van der Waals surface area (Å²) in [5.74, 6) is 0.720. The van der Waals surface area contributed by atoms with Crippen molar-refractivity contribution in [3.63, 3.8) is 0 Å². The third-order valence-electron chi connectivity index (χ3n) is 6.81. The van der Waals surface area contributed by atoms with E-state index in [0.717, 1.165) is 70.2 Å². The van der Waals surface area contributed by atoms with Gasteiger partial charge in [0.05, 0.1) is 40.9 Å². The molecule has 0 spiro atoms. The highest BCUT2D eigenvalue weighted by molar-refractivity contribution is 7.92. The van der Waals surface area contributed by atoms with E-state index in [1.165, 1.54) is 0 Å². The first-order valence-electron chi connectivity index (χ1n) is 12.4. The summed E-state index contributed by atoms with van der Waals surface area (Å²) in [6.45, 7) is 3.16. The zero-order chi connectivity index (χ0) is 25.6. The van der Waals surface area contributed by atoms with Crippen LogP contribution in [-0.4, -0.2) is 44.9 Å². The number of aromatic nitrogens is 4. The third kappa shape index (κ3) is 4.49. The molecule has 0 saturated heterocycles. The Morgan fingerprint density at radius 2 is 2.03 bits per heavy atom. The molecule has 9 heteroatoms. The molecule has 6 rings (SSSR count). The van der Waals surface area contributed by atoms with E-state index in [2.05, 4.69) is 21.0 Å². The minimum absolute atomic E-state index is 0.0723. The van der Waals surface area contributed by atoms with E-state index in [9.17, 15) is 13.5 Å². The Hall–Kier alpha value is -3.69. The molecule has 0 atom stereocenters. The molecule has 8 nitrogen and oxygen atoms in total. The summed E-state index contributed by atoms with van der Waals surface area (Å²) < 4.78 is 34.0. The Morgan fingerprint density at radius 1 is 1.16 bits per heavy atom. The molecule has 190 valence electrons. The molecule has 2 N–H and O–H groups in total. The average molecular weight is 517 g/mol. The zero-order valence-electron chi connectivity index (χ0n) is 20.5. The number of hydrogen-bond donors (Lipinski definition) is 2. The van der Waals surface area contributed by atoms with Crippen molar-refractivity contribution in [2.45, 2.75) is 49.5 Å². The minimum atomic E-state index is -3.30. The number of H-pyrrole nitrogens is 1. The molecule has 2 aromatic carbocycles. The zero-order valence-corrected chi connectivity index (χ0v) is 21.3. The molecule has 37 heavy (non-hydrogen) atoms. The van der Waals surface area contributed by atoms with Gasteiger partial charge in [0.2, 0.25) is 0 Å². The van der Waals surface area contributed by atoms with E-state index in [1.807, 2.05) is 48.1 Å². The number of benzene rings is 2. The predicted octanol–water partition coefficient (Wildman–Crippen LogP) is 4.79. The first kappa shape index (κ1) is 23.7. The van der Waals surface area contributed by atoms with Gasteiger partial charge in [-0.05, 0) is 73.2 Å². The molecule has 0 bridgehead atoms. The van der Waals surface area contributed by atoms with Crippen LogP contribution in [0.3, 0.4) is 0 Å². The lowest BCUT2D eigenvalue weighted by molar-refractivity contribution is 0.277. The normalized spacial score (nSPS) is 14.0. The first-order chi connectivity index (χ1) is 17.9. The monoisotopic (exact) mass is 516 g/mol. The van der Waals surface area contributed by atoms with Crippen molar-refractivity contribution in [1.82, 2.24) is 19.5 Å². The van der Waals surface area contributed by atoms with E-state index >= 15 is 0 Å². The summed E-state index contributed by atoms with van der Waals surface area (Å²) in [4.78, 5) is 12.5. The highest BCUT2D eigenvalue weighted by atomic mass is 32.2. The van der Waals surface area contributed by atoms with E-state index < -0.39 is 9.84 Å². The number of sulfone groups is 1. The van der Waals surface area contributed by atoms with Crippen LogP contribution in [0, 0.1) is 6.92 Å².